The number of amides is 2. The summed E-state index contributed by atoms with van der Waals surface area (Å²) >= 11 is 1.69. The summed E-state index contributed by atoms with van der Waals surface area (Å²) in [5, 5.41) is 0. The summed E-state index contributed by atoms with van der Waals surface area (Å²) in [6, 6.07) is 3.81. The van der Waals surface area contributed by atoms with Gasteiger partial charge in [-0.15, -0.1) is 11.8 Å². The van der Waals surface area contributed by atoms with Crippen molar-refractivity contribution >= 4 is 23.6 Å². The first-order chi connectivity index (χ1) is 12.3. The molecule has 2 aliphatic rings. The van der Waals surface area contributed by atoms with Crippen molar-refractivity contribution in [2.24, 2.45) is 11.3 Å². The zero-order chi connectivity index (χ0) is 18.7. The van der Waals surface area contributed by atoms with E-state index in [0.717, 1.165) is 31.7 Å². The minimum atomic E-state index is -0.283. The van der Waals surface area contributed by atoms with Gasteiger partial charge in [0.05, 0.1) is 5.88 Å². The molecule has 0 aromatic carbocycles. The molecule has 0 bridgehead atoms. The summed E-state index contributed by atoms with van der Waals surface area (Å²) in [4.78, 5) is 33.5. The van der Waals surface area contributed by atoms with Gasteiger partial charge in [0.25, 0.3) is 0 Å². The molecule has 0 unspecified atom stereocenters. The summed E-state index contributed by atoms with van der Waals surface area (Å²) < 4.78 is 0. The largest absolute Gasteiger partial charge is 0.341 e. The third kappa shape index (κ3) is 4.78. The molecular weight excluding hydrogens is 346 g/mol. The standard InChI is InChI=1S/C20H29N3O2S/c1-20(2,3)11-18(24)23-14-26-13-17(23)19(25)22-9-6-16(12-22)10-15-4-7-21-8-5-15/h4-5,7-8,16-17H,6,9-14H2,1-3H3/t16-,17+/m0/s1. The number of nitrogens with zero attached hydrogens (tertiary/aromatic N) is 3. The van der Waals surface area contributed by atoms with Crippen LogP contribution >= 0.6 is 11.8 Å². The number of aromatic nitrogens is 1. The Morgan fingerprint density at radius 2 is 2.00 bits per heavy atom. The van der Waals surface area contributed by atoms with Crippen LogP contribution in [0.2, 0.25) is 0 Å². The molecule has 2 fully saturated rings. The van der Waals surface area contributed by atoms with Crippen molar-refractivity contribution in [2.75, 3.05) is 24.7 Å². The first-order valence-corrected chi connectivity index (χ1v) is 10.5. The monoisotopic (exact) mass is 375 g/mol. The summed E-state index contributed by atoms with van der Waals surface area (Å²) in [6.45, 7) is 7.79. The van der Waals surface area contributed by atoms with Gasteiger partial charge in [0.2, 0.25) is 11.8 Å². The van der Waals surface area contributed by atoms with E-state index in [1.54, 1.807) is 16.7 Å². The molecule has 5 nitrogen and oxygen atoms in total. The number of thioether (sulfide) groups is 1. The molecule has 1 aromatic heterocycles. The third-order valence-electron chi connectivity index (χ3n) is 5.04. The molecule has 0 N–H and O–H groups in total. The topological polar surface area (TPSA) is 53.5 Å². The maximum absolute atomic E-state index is 13.0. The van der Waals surface area contributed by atoms with Crippen LogP contribution in [0.1, 0.15) is 39.2 Å². The molecule has 26 heavy (non-hydrogen) atoms. The second-order valence-electron chi connectivity index (χ2n) is 8.62. The zero-order valence-electron chi connectivity index (χ0n) is 16.0. The first kappa shape index (κ1) is 19.2. The molecule has 0 spiro atoms. The van der Waals surface area contributed by atoms with Crippen molar-refractivity contribution in [2.45, 2.75) is 46.1 Å². The molecule has 3 rings (SSSR count). The average Bonchev–Trinajstić information content (AvgIpc) is 3.23. The highest BCUT2D eigenvalue weighted by atomic mass is 32.2. The molecule has 3 heterocycles. The molecule has 2 aliphatic heterocycles. The number of rotatable bonds is 4. The Morgan fingerprint density at radius 1 is 1.27 bits per heavy atom. The van der Waals surface area contributed by atoms with E-state index in [0.29, 0.717) is 18.2 Å². The second kappa shape index (κ2) is 7.99. The summed E-state index contributed by atoms with van der Waals surface area (Å²) in [5.41, 5.74) is 1.22. The minimum absolute atomic E-state index is 0.0543. The van der Waals surface area contributed by atoms with Crippen LogP contribution in [0.4, 0.5) is 0 Å². The van der Waals surface area contributed by atoms with E-state index >= 15 is 0 Å². The van der Waals surface area contributed by atoms with Crippen molar-refractivity contribution in [3.05, 3.63) is 30.1 Å². The van der Waals surface area contributed by atoms with Gasteiger partial charge in [0.1, 0.15) is 6.04 Å². The molecule has 1 aromatic rings. The van der Waals surface area contributed by atoms with Crippen molar-refractivity contribution in [1.29, 1.82) is 0 Å². The normalized spacial score (nSPS) is 23.5. The first-order valence-electron chi connectivity index (χ1n) is 9.38. The predicted octanol–water partition coefficient (Wildman–Crippen LogP) is 2.81. The molecular formula is C20H29N3O2S. The van der Waals surface area contributed by atoms with Crippen LogP contribution in [0.25, 0.3) is 0 Å². The maximum atomic E-state index is 13.0. The average molecular weight is 376 g/mol. The SMILES string of the molecule is CC(C)(C)CC(=O)N1CSC[C@@H]1C(=O)N1CC[C@@H](Cc2ccncc2)C1. The quantitative estimate of drug-likeness (QED) is 0.812. The lowest BCUT2D eigenvalue weighted by Crippen LogP contribution is -2.49. The highest BCUT2D eigenvalue weighted by Crippen LogP contribution is 2.29. The number of likely N-dealkylation sites (tertiary alicyclic amines) is 1. The summed E-state index contributed by atoms with van der Waals surface area (Å²) in [5.74, 6) is 2.09. The van der Waals surface area contributed by atoms with Gasteiger partial charge in [0.15, 0.2) is 0 Å². The lowest BCUT2D eigenvalue weighted by molar-refractivity contribution is -0.143. The Labute approximate surface area is 160 Å². The van der Waals surface area contributed by atoms with Gasteiger partial charge in [-0.2, -0.15) is 0 Å². The second-order valence-corrected chi connectivity index (χ2v) is 9.61. The van der Waals surface area contributed by atoms with Crippen molar-refractivity contribution < 1.29 is 9.59 Å². The molecule has 2 amide bonds. The number of carbonyl (C=O) groups excluding carboxylic acids is 2. The van der Waals surface area contributed by atoms with Gasteiger partial charge in [-0.1, -0.05) is 20.8 Å². The van der Waals surface area contributed by atoms with Crippen LogP contribution in [0.3, 0.4) is 0 Å². The number of hydrogen-bond donors (Lipinski definition) is 0. The van der Waals surface area contributed by atoms with E-state index in [1.807, 2.05) is 29.4 Å². The highest BCUT2D eigenvalue weighted by molar-refractivity contribution is 7.99. The zero-order valence-corrected chi connectivity index (χ0v) is 16.8. The van der Waals surface area contributed by atoms with E-state index in [4.69, 9.17) is 0 Å². The molecule has 0 aliphatic carbocycles. The lowest BCUT2D eigenvalue weighted by Gasteiger charge is -2.29. The van der Waals surface area contributed by atoms with Crippen molar-refractivity contribution in [3.8, 4) is 0 Å². The van der Waals surface area contributed by atoms with Gasteiger partial charge in [-0.05, 0) is 41.9 Å². The molecule has 2 atom stereocenters. The van der Waals surface area contributed by atoms with E-state index in [1.165, 1.54) is 5.56 Å². The summed E-state index contributed by atoms with van der Waals surface area (Å²) in [6.07, 6.45) is 6.15. The Balaban J connectivity index is 1.57. The van der Waals surface area contributed by atoms with Crippen molar-refractivity contribution in [1.82, 2.24) is 14.8 Å². The highest BCUT2D eigenvalue weighted by Gasteiger charge is 2.39. The fraction of sp³-hybridized carbons (Fsp3) is 0.650. The lowest BCUT2D eigenvalue weighted by atomic mass is 9.91. The van der Waals surface area contributed by atoms with E-state index in [9.17, 15) is 9.59 Å². The molecule has 6 heteroatoms. The van der Waals surface area contributed by atoms with E-state index in [2.05, 4.69) is 25.8 Å². The minimum Gasteiger partial charge on any atom is -0.341 e. The van der Waals surface area contributed by atoms with Gasteiger partial charge >= 0.3 is 0 Å². The number of carbonyl (C=O) groups is 2. The fourth-order valence-corrected chi connectivity index (χ4v) is 4.88. The van der Waals surface area contributed by atoms with Crippen LogP contribution in [-0.2, 0) is 16.0 Å². The van der Waals surface area contributed by atoms with Gasteiger partial charge in [-0.25, -0.2) is 0 Å². The molecule has 142 valence electrons. The van der Waals surface area contributed by atoms with Crippen LogP contribution < -0.4 is 0 Å². The van der Waals surface area contributed by atoms with E-state index in [-0.39, 0.29) is 23.3 Å². The number of hydrogen-bond acceptors (Lipinski definition) is 4. The van der Waals surface area contributed by atoms with Crippen molar-refractivity contribution in [3.63, 3.8) is 0 Å². The Bertz CT molecular complexity index is 644. The van der Waals surface area contributed by atoms with Gasteiger partial charge in [-0.3, -0.25) is 14.6 Å². The third-order valence-corrected chi connectivity index (χ3v) is 6.05. The van der Waals surface area contributed by atoms with Crippen LogP contribution in [0.15, 0.2) is 24.5 Å². The summed E-state index contributed by atoms with van der Waals surface area (Å²) in [7, 11) is 0. The molecule has 0 saturated carbocycles. The van der Waals surface area contributed by atoms with Gasteiger partial charge in [0, 0.05) is 37.7 Å². The predicted molar refractivity (Wildman–Crippen MR) is 105 cm³/mol. The Hall–Kier alpha value is -1.56. The molecule has 2 saturated heterocycles. The Morgan fingerprint density at radius 3 is 2.69 bits per heavy atom. The fourth-order valence-electron chi connectivity index (χ4n) is 3.71. The van der Waals surface area contributed by atoms with Crippen LogP contribution in [0.5, 0.6) is 0 Å². The Kier molecular flexibility index (Phi) is 5.90. The smallest absolute Gasteiger partial charge is 0.246 e. The van der Waals surface area contributed by atoms with E-state index < -0.39 is 0 Å². The number of pyridine rings is 1. The van der Waals surface area contributed by atoms with Crippen LogP contribution in [-0.4, -0.2) is 57.4 Å². The van der Waals surface area contributed by atoms with Gasteiger partial charge < -0.3 is 9.80 Å². The van der Waals surface area contributed by atoms with Crippen LogP contribution in [0, 0.1) is 11.3 Å². The maximum Gasteiger partial charge on any atom is 0.246 e. The molecule has 0 radical (unpaired) electrons.